The van der Waals surface area contributed by atoms with Crippen molar-refractivity contribution in [2.75, 3.05) is 32.8 Å². The minimum absolute atomic E-state index is 0.0405. The number of hydrogen-bond acceptors (Lipinski definition) is 3. The Morgan fingerprint density at radius 2 is 2.16 bits per heavy atom. The van der Waals surface area contributed by atoms with E-state index in [2.05, 4.69) is 10.1 Å². The van der Waals surface area contributed by atoms with Gasteiger partial charge in [-0.3, -0.25) is 4.79 Å². The molecule has 1 amide bonds. The maximum Gasteiger partial charge on any atom is 0.411 e. The van der Waals surface area contributed by atoms with Gasteiger partial charge in [0, 0.05) is 19.0 Å². The third-order valence-electron chi connectivity index (χ3n) is 3.76. The van der Waals surface area contributed by atoms with Crippen molar-refractivity contribution < 1.29 is 22.7 Å². The predicted octanol–water partition coefficient (Wildman–Crippen LogP) is 1.17. The molecule has 0 aromatic carbocycles. The molecule has 2 unspecified atom stereocenters. The number of rotatable bonds is 4. The molecule has 0 radical (unpaired) electrons. The van der Waals surface area contributed by atoms with Crippen molar-refractivity contribution in [3.05, 3.63) is 0 Å². The lowest BCUT2D eigenvalue weighted by Gasteiger charge is -2.44. The normalized spacial score (nSPS) is 28.4. The van der Waals surface area contributed by atoms with E-state index in [0.717, 1.165) is 25.9 Å². The number of ether oxygens (including phenoxy) is 1. The number of halogens is 3. The van der Waals surface area contributed by atoms with Crippen LogP contribution in [-0.2, 0) is 9.53 Å². The van der Waals surface area contributed by atoms with E-state index >= 15 is 0 Å². The van der Waals surface area contributed by atoms with Crippen LogP contribution >= 0.6 is 0 Å². The summed E-state index contributed by atoms with van der Waals surface area (Å²) >= 11 is 0. The lowest BCUT2D eigenvalue weighted by Crippen LogP contribution is -2.55. The molecule has 0 aromatic rings. The lowest BCUT2D eigenvalue weighted by molar-refractivity contribution is -0.175. The first-order valence-corrected chi connectivity index (χ1v) is 6.62. The quantitative estimate of drug-likeness (QED) is 0.786. The van der Waals surface area contributed by atoms with Crippen LogP contribution in [0.3, 0.4) is 0 Å². The SMILES string of the molecule is O=C1CCC2CNCCC2N1CCOCC(F)(F)F. The van der Waals surface area contributed by atoms with Gasteiger partial charge in [-0.1, -0.05) is 0 Å². The summed E-state index contributed by atoms with van der Waals surface area (Å²) in [6.45, 7) is 0.703. The van der Waals surface area contributed by atoms with Gasteiger partial charge < -0.3 is 15.0 Å². The molecule has 2 heterocycles. The van der Waals surface area contributed by atoms with Crippen LogP contribution in [0, 0.1) is 5.92 Å². The molecule has 2 aliphatic heterocycles. The molecule has 4 nitrogen and oxygen atoms in total. The predicted molar refractivity (Wildman–Crippen MR) is 62.6 cm³/mol. The highest BCUT2D eigenvalue weighted by Gasteiger charge is 2.37. The van der Waals surface area contributed by atoms with Gasteiger partial charge >= 0.3 is 6.18 Å². The first-order valence-electron chi connectivity index (χ1n) is 6.62. The van der Waals surface area contributed by atoms with E-state index in [-0.39, 0.29) is 25.1 Å². The molecule has 19 heavy (non-hydrogen) atoms. The van der Waals surface area contributed by atoms with Crippen LogP contribution in [0.4, 0.5) is 13.2 Å². The van der Waals surface area contributed by atoms with Gasteiger partial charge in [-0.05, 0) is 31.8 Å². The molecule has 2 aliphatic rings. The monoisotopic (exact) mass is 280 g/mol. The summed E-state index contributed by atoms with van der Waals surface area (Å²) in [7, 11) is 0. The largest absolute Gasteiger partial charge is 0.411 e. The number of piperidine rings is 2. The summed E-state index contributed by atoms with van der Waals surface area (Å²) in [5.41, 5.74) is 0. The van der Waals surface area contributed by atoms with Crippen LogP contribution in [-0.4, -0.2) is 55.9 Å². The van der Waals surface area contributed by atoms with E-state index in [1.165, 1.54) is 0 Å². The third kappa shape index (κ3) is 4.07. The Labute approximate surface area is 110 Å². The van der Waals surface area contributed by atoms with Gasteiger partial charge in [0.05, 0.1) is 6.61 Å². The minimum atomic E-state index is -4.30. The molecule has 0 aliphatic carbocycles. The zero-order valence-corrected chi connectivity index (χ0v) is 10.7. The Kier molecular flexibility index (Phi) is 4.67. The third-order valence-corrected chi connectivity index (χ3v) is 3.76. The molecular formula is C12H19F3N2O2. The van der Waals surface area contributed by atoms with E-state index in [9.17, 15) is 18.0 Å². The number of alkyl halides is 3. The first-order chi connectivity index (χ1) is 8.97. The number of carbonyl (C=O) groups excluding carboxylic acids is 1. The molecule has 2 atom stereocenters. The van der Waals surface area contributed by atoms with Gasteiger partial charge in [0.2, 0.25) is 5.91 Å². The Morgan fingerprint density at radius 1 is 1.37 bits per heavy atom. The fourth-order valence-corrected chi connectivity index (χ4v) is 2.89. The molecule has 2 rings (SSSR count). The minimum Gasteiger partial charge on any atom is -0.370 e. The van der Waals surface area contributed by atoms with Crippen LogP contribution < -0.4 is 5.32 Å². The van der Waals surface area contributed by atoms with Crippen molar-refractivity contribution in [1.82, 2.24) is 10.2 Å². The standard InChI is InChI=1S/C12H19F3N2O2/c13-12(14,15)8-19-6-5-17-10-3-4-16-7-9(10)1-2-11(17)18/h9-10,16H,1-8H2. The second-order valence-electron chi connectivity index (χ2n) is 5.11. The molecule has 2 saturated heterocycles. The lowest BCUT2D eigenvalue weighted by atomic mass is 9.84. The molecule has 7 heteroatoms. The number of hydrogen-bond donors (Lipinski definition) is 1. The van der Waals surface area contributed by atoms with E-state index in [4.69, 9.17) is 0 Å². The van der Waals surface area contributed by atoms with Gasteiger partial charge in [0.15, 0.2) is 0 Å². The highest BCUT2D eigenvalue weighted by atomic mass is 19.4. The van der Waals surface area contributed by atoms with Crippen LogP contribution in [0.15, 0.2) is 0 Å². The van der Waals surface area contributed by atoms with Crippen LogP contribution in [0.2, 0.25) is 0 Å². The fraction of sp³-hybridized carbons (Fsp3) is 0.917. The van der Waals surface area contributed by atoms with Crippen molar-refractivity contribution >= 4 is 5.91 Å². The zero-order valence-electron chi connectivity index (χ0n) is 10.7. The van der Waals surface area contributed by atoms with Crippen molar-refractivity contribution in [1.29, 1.82) is 0 Å². The fourth-order valence-electron chi connectivity index (χ4n) is 2.89. The van der Waals surface area contributed by atoms with Crippen LogP contribution in [0.25, 0.3) is 0 Å². The number of likely N-dealkylation sites (tertiary alicyclic amines) is 1. The van der Waals surface area contributed by atoms with Gasteiger partial charge in [0.1, 0.15) is 6.61 Å². The Hall–Kier alpha value is -0.820. The number of nitrogens with one attached hydrogen (secondary N) is 1. The molecule has 1 N–H and O–H groups in total. The molecule has 0 aromatic heterocycles. The molecule has 0 saturated carbocycles. The zero-order chi connectivity index (χ0) is 13.9. The summed E-state index contributed by atoms with van der Waals surface area (Å²) in [5, 5.41) is 3.29. The van der Waals surface area contributed by atoms with Gasteiger partial charge in [-0.25, -0.2) is 0 Å². The highest BCUT2D eigenvalue weighted by Crippen LogP contribution is 2.28. The maximum absolute atomic E-state index is 12.0. The van der Waals surface area contributed by atoms with Crippen LogP contribution in [0.1, 0.15) is 19.3 Å². The summed E-state index contributed by atoms with van der Waals surface area (Å²) in [6.07, 6.45) is -2.07. The molecule has 0 bridgehead atoms. The van der Waals surface area contributed by atoms with Crippen LogP contribution in [0.5, 0.6) is 0 Å². The van der Waals surface area contributed by atoms with Gasteiger partial charge in [0.25, 0.3) is 0 Å². The molecule has 110 valence electrons. The average Bonchev–Trinajstić information content (AvgIpc) is 2.35. The number of fused-ring (bicyclic) bond motifs is 1. The topological polar surface area (TPSA) is 41.6 Å². The number of carbonyl (C=O) groups is 1. The summed E-state index contributed by atoms with van der Waals surface area (Å²) < 4.78 is 40.5. The second-order valence-corrected chi connectivity index (χ2v) is 5.11. The van der Waals surface area contributed by atoms with E-state index in [1.807, 2.05) is 0 Å². The second kappa shape index (κ2) is 6.09. The van der Waals surface area contributed by atoms with E-state index in [0.29, 0.717) is 12.3 Å². The summed E-state index contributed by atoms with van der Waals surface area (Å²) in [4.78, 5) is 13.6. The molecular weight excluding hydrogens is 261 g/mol. The number of amides is 1. The highest BCUT2D eigenvalue weighted by molar-refractivity contribution is 5.77. The average molecular weight is 280 g/mol. The molecule has 2 fully saturated rings. The van der Waals surface area contributed by atoms with Crippen molar-refractivity contribution in [2.45, 2.75) is 31.5 Å². The summed E-state index contributed by atoms with van der Waals surface area (Å²) in [6, 6.07) is 0.164. The van der Waals surface area contributed by atoms with E-state index in [1.54, 1.807) is 4.90 Å². The number of nitrogens with zero attached hydrogens (tertiary/aromatic N) is 1. The Bertz CT molecular complexity index is 323. The Morgan fingerprint density at radius 3 is 2.89 bits per heavy atom. The Balaban J connectivity index is 1.81. The smallest absolute Gasteiger partial charge is 0.370 e. The van der Waals surface area contributed by atoms with Gasteiger partial charge in [-0.15, -0.1) is 0 Å². The van der Waals surface area contributed by atoms with Crippen molar-refractivity contribution in [2.24, 2.45) is 5.92 Å². The van der Waals surface area contributed by atoms with E-state index < -0.39 is 12.8 Å². The summed E-state index contributed by atoms with van der Waals surface area (Å²) in [5.74, 6) is 0.466. The first kappa shape index (κ1) is 14.6. The molecule has 0 spiro atoms. The van der Waals surface area contributed by atoms with Gasteiger partial charge in [-0.2, -0.15) is 13.2 Å². The van der Waals surface area contributed by atoms with Crippen molar-refractivity contribution in [3.63, 3.8) is 0 Å². The van der Waals surface area contributed by atoms with Crippen molar-refractivity contribution in [3.8, 4) is 0 Å². The maximum atomic E-state index is 12.0.